The number of rotatable bonds is 1. The summed E-state index contributed by atoms with van der Waals surface area (Å²) in [7, 11) is 2.11. The van der Waals surface area contributed by atoms with Crippen molar-refractivity contribution in [2.75, 3.05) is 20.1 Å². The third-order valence-corrected chi connectivity index (χ3v) is 2.72. The Morgan fingerprint density at radius 3 is 2.43 bits per heavy atom. The molecule has 2 rings (SSSR count). The maximum atomic E-state index is 12.6. The van der Waals surface area contributed by atoms with Crippen molar-refractivity contribution in [2.24, 2.45) is 0 Å². The summed E-state index contributed by atoms with van der Waals surface area (Å²) in [5.41, 5.74) is 0. The van der Waals surface area contributed by atoms with Crippen LogP contribution in [-0.2, 0) is 0 Å². The maximum absolute atomic E-state index is 12.6. The molecule has 0 saturated carbocycles. The fourth-order valence-corrected chi connectivity index (χ4v) is 1.80. The van der Waals surface area contributed by atoms with E-state index in [1.165, 1.54) is 12.4 Å². The lowest BCUT2D eigenvalue weighted by Crippen LogP contribution is -2.29. The lowest BCUT2D eigenvalue weighted by Gasteiger charge is -2.27. The minimum atomic E-state index is -0.360. The van der Waals surface area contributed by atoms with E-state index in [1.807, 2.05) is 0 Å². The normalized spacial score (nSPS) is 19.9. The van der Waals surface area contributed by atoms with E-state index in [0.717, 1.165) is 31.8 Å². The largest absolute Gasteiger partial charge is 0.306 e. The van der Waals surface area contributed by atoms with Gasteiger partial charge in [-0.1, -0.05) is 0 Å². The van der Waals surface area contributed by atoms with E-state index >= 15 is 0 Å². The molecule has 1 fully saturated rings. The van der Waals surface area contributed by atoms with Gasteiger partial charge in [-0.25, -0.2) is 14.4 Å². The zero-order valence-corrected chi connectivity index (χ0v) is 8.28. The molecule has 1 aromatic rings. The summed E-state index contributed by atoms with van der Waals surface area (Å²) in [5, 5.41) is 0. The van der Waals surface area contributed by atoms with Crippen LogP contribution in [0.5, 0.6) is 0 Å². The van der Waals surface area contributed by atoms with Crippen molar-refractivity contribution in [3.05, 3.63) is 24.0 Å². The Morgan fingerprint density at radius 2 is 1.86 bits per heavy atom. The van der Waals surface area contributed by atoms with E-state index in [2.05, 4.69) is 21.9 Å². The first-order valence-corrected chi connectivity index (χ1v) is 4.91. The van der Waals surface area contributed by atoms with Crippen LogP contribution in [-0.4, -0.2) is 35.0 Å². The highest BCUT2D eigenvalue weighted by atomic mass is 19.1. The monoisotopic (exact) mass is 195 g/mol. The number of aromatic nitrogens is 2. The fraction of sp³-hybridized carbons (Fsp3) is 0.600. The Hall–Kier alpha value is -1.03. The van der Waals surface area contributed by atoms with Crippen molar-refractivity contribution in [3.63, 3.8) is 0 Å². The number of hydrogen-bond acceptors (Lipinski definition) is 3. The Labute approximate surface area is 83.0 Å². The summed E-state index contributed by atoms with van der Waals surface area (Å²) in [6.45, 7) is 2.15. The van der Waals surface area contributed by atoms with Gasteiger partial charge in [0, 0.05) is 5.92 Å². The van der Waals surface area contributed by atoms with Crippen LogP contribution in [0.1, 0.15) is 24.6 Å². The highest BCUT2D eigenvalue weighted by Gasteiger charge is 2.20. The van der Waals surface area contributed by atoms with E-state index in [4.69, 9.17) is 0 Å². The molecule has 2 heterocycles. The molecular weight excluding hydrogens is 181 g/mol. The highest BCUT2D eigenvalue weighted by molar-refractivity contribution is 5.00. The molecule has 76 valence electrons. The van der Waals surface area contributed by atoms with Gasteiger partial charge < -0.3 is 4.90 Å². The van der Waals surface area contributed by atoms with Gasteiger partial charge in [-0.3, -0.25) is 0 Å². The lowest BCUT2D eigenvalue weighted by molar-refractivity contribution is 0.251. The predicted octanol–water partition coefficient (Wildman–Crippen LogP) is 1.42. The van der Waals surface area contributed by atoms with Gasteiger partial charge in [-0.2, -0.15) is 0 Å². The number of halogens is 1. The molecule has 0 amide bonds. The zero-order chi connectivity index (χ0) is 9.97. The minimum absolute atomic E-state index is 0.360. The summed E-state index contributed by atoms with van der Waals surface area (Å²) in [6, 6.07) is 0. The second kappa shape index (κ2) is 4.00. The predicted molar refractivity (Wildman–Crippen MR) is 51.5 cm³/mol. The molecule has 14 heavy (non-hydrogen) atoms. The molecule has 0 spiro atoms. The Kier molecular flexibility index (Phi) is 2.72. The quantitative estimate of drug-likeness (QED) is 0.678. The van der Waals surface area contributed by atoms with Gasteiger partial charge in [0.25, 0.3) is 0 Å². The molecule has 1 aromatic heterocycles. The van der Waals surface area contributed by atoms with Crippen LogP contribution in [0.4, 0.5) is 4.39 Å². The molecule has 1 saturated heterocycles. The number of nitrogens with zero attached hydrogens (tertiary/aromatic N) is 3. The summed E-state index contributed by atoms with van der Waals surface area (Å²) in [5.74, 6) is 0.841. The molecule has 0 aliphatic carbocycles. The number of likely N-dealkylation sites (tertiary alicyclic amines) is 1. The van der Waals surface area contributed by atoms with E-state index in [1.54, 1.807) is 0 Å². The molecule has 1 aliphatic heterocycles. The molecule has 0 unspecified atom stereocenters. The Balaban J connectivity index is 2.05. The topological polar surface area (TPSA) is 29.0 Å². The van der Waals surface area contributed by atoms with Crippen molar-refractivity contribution in [1.82, 2.24) is 14.9 Å². The van der Waals surface area contributed by atoms with Gasteiger partial charge in [-0.05, 0) is 33.0 Å². The molecule has 0 bridgehead atoms. The number of piperidine rings is 1. The van der Waals surface area contributed by atoms with E-state index in [0.29, 0.717) is 5.92 Å². The maximum Gasteiger partial charge on any atom is 0.159 e. The van der Waals surface area contributed by atoms with Crippen LogP contribution < -0.4 is 0 Å². The summed E-state index contributed by atoms with van der Waals surface area (Å²) < 4.78 is 12.6. The second-order valence-corrected chi connectivity index (χ2v) is 3.84. The molecule has 0 radical (unpaired) electrons. The van der Waals surface area contributed by atoms with Crippen molar-refractivity contribution < 1.29 is 4.39 Å². The fourth-order valence-electron chi connectivity index (χ4n) is 1.80. The van der Waals surface area contributed by atoms with Gasteiger partial charge in [-0.15, -0.1) is 0 Å². The van der Waals surface area contributed by atoms with Gasteiger partial charge >= 0.3 is 0 Å². The smallest absolute Gasteiger partial charge is 0.159 e. The van der Waals surface area contributed by atoms with Crippen molar-refractivity contribution in [2.45, 2.75) is 18.8 Å². The van der Waals surface area contributed by atoms with Crippen LogP contribution in [0, 0.1) is 5.82 Å². The van der Waals surface area contributed by atoms with Gasteiger partial charge in [0.05, 0.1) is 12.4 Å². The molecular formula is C10H14FN3. The summed E-state index contributed by atoms with van der Waals surface area (Å²) >= 11 is 0. The summed E-state index contributed by atoms with van der Waals surface area (Å²) in [4.78, 5) is 10.3. The molecule has 0 aromatic carbocycles. The van der Waals surface area contributed by atoms with Crippen LogP contribution in [0.2, 0.25) is 0 Å². The van der Waals surface area contributed by atoms with Gasteiger partial charge in [0.1, 0.15) is 5.82 Å². The van der Waals surface area contributed by atoms with Crippen molar-refractivity contribution >= 4 is 0 Å². The molecule has 3 nitrogen and oxygen atoms in total. The molecule has 4 heteroatoms. The van der Waals surface area contributed by atoms with Gasteiger partial charge in [0.15, 0.2) is 5.82 Å². The molecule has 1 aliphatic rings. The highest BCUT2D eigenvalue weighted by Crippen LogP contribution is 2.24. The average Bonchev–Trinajstić information content (AvgIpc) is 2.21. The standard InChI is InChI=1S/C10H14FN3/c1-14-4-2-8(3-5-14)10-12-6-9(11)7-13-10/h6-8H,2-5H2,1H3. The minimum Gasteiger partial charge on any atom is -0.306 e. The SMILES string of the molecule is CN1CCC(c2ncc(F)cn2)CC1. The first-order valence-electron chi connectivity index (χ1n) is 4.91. The Bertz CT molecular complexity index is 291. The second-order valence-electron chi connectivity index (χ2n) is 3.84. The average molecular weight is 195 g/mol. The van der Waals surface area contributed by atoms with Crippen LogP contribution >= 0.6 is 0 Å². The first kappa shape index (κ1) is 9.52. The van der Waals surface area contributed by atoms with Crippen molar-refractivity contribution in [1.29, 1.82) is 0 Å². The number of hydrogen-bond donors (Lipinski definition) is 0. The third kappa shape index (κ3) is 2.07. The summed E-state index contributed by atoms with van der Waals surface area (Å²) in [6.07, 6.45) is 4.64. The van der Waals surface area contributed by atoms with E-state index in [9.17, 15) is 4.39 Å². The van der Waals surface area contributed by atoms with E-state index in [-0.39, 0.29) is 5.82 Å². The molecule has 0 N–H and O–H groups in total. The zero-order valence-electron chi connectivity index (χ0n) is 8.28. The molecule has 0 atom stereocenters. The van der Waals surface area contributed by atoms with Crippen molar-refractivity contribution in [3.8, 4) is 0 Å². The van der Waals surface area contributed by atoms with Gasteiger partial charge in [0.2, 0.25) is 0 Å². The Morgan fingerprint density at radius 1 is 1.29 bits per heavy atom. The van der Waals surface area contributed by atoms with Crippen LogP contribution in [0.25, 0.3) is 0 Å². The van der Waals surface area contributed by atoms with E-state index < -0.39 is 0 Å². The van der Waals surface area contributed by atoms with Crippen LogP contribution in [0.15, 0.2) is 12.4 Å². The third-order valence-electron chi connectivity index (χ3n) is 2.72. The van der Waals surface area contributed by atoms with Crippen LogP contribution in [0.3, 0.4) is 0 Å². The first-order chi connectivity index (χ1) is 6.75. The lowest BCUT2D eigenvalue weighted by atomic mass is 9.96.